The summed E-state index contributed by atoms with van der Waals surface area (Å²) in [6.45, 7) is 0. The third-order valence-corrected chi connectivity index (χ3v) is 3.91. The lowest BCUT2D eigenvalue weighted by atomic mass is 10.2. The molecule has 0 amide bonds. The van der Waals surface area contributed by atoms with Crippen LogP contribution in [-0.4, -0.2) is 17.3 Å². The summed E-state index contributed by atoms with van der Waals surface area (Å²) in [7, 11) is 1.64. The van der Waals surface area contributed by atoms with Crippen LogP contribution in [0.4, 0.5) is 0 Å². The summed E-state index contributed by atoms with van der Waals surface area (Å²) in [6, 6.07) is 9.74. The lowest BCUT2D eigenvalue weighted by Gasteiger charge is -2.00. The molecule has 4 nitrogen and oxygen atoms in total. The van der Waals surface area contributed by atoms with E-state index >= 15 is 0 Å². The monoisotopic (exact) mass is 258 g/mol. The van der Waals surface area contributed by atoms with Crippen molar-refractivity contribution in [2.75, 3.05) is 7.11 Å². The largest absolute Gasteiger partial charge is 0.497 e. The molecule has 2 heterocycles. The minimum Gasteiger partial charge on any atom is -0.497 e. The van der Waals surface area contributed by atoms with E-state index in [1.807, 2.05) is 30.3 Å². The van der Waals surface area contributed by atoms with Crippen molar-refractivity contribution in [3.63, 3.8) is 0 Å². The number of methoxy groups -OCH3 is 1. The fourth-order valence-corrected chi connectivity index (χ4v) is 2.81. The summed E-state index contributed by atoms with van der Waals surface area (Å²) in [6.07, 6.45) is 1.67. The summed E-state index contributed by atoms with van der Waals surface area (Å²) in [5.74, 6) is 0.819. The van der Waals surface area contributed by atoms with Crippen LogP contribution in [0.2, 0.25) is 0 Å². The number of H-pyrrole nitrogens is 1. The van der Waals surface area contributed by atoms with E-state index in [0.717, 1.165) is 21.6 Å². The smallest absolute Gasteiger partial charge is 0.282 e. The van der Waals surface area contributed by atoms with E-state index < -0.39 is 0 Å². The molecule has 3 rings (SSSR count). The van der Waals surface area contributed by atoms with Crippen LogP contribution in [0, 0.1) is 0 Å². The number of benzene rings is 1. The lowest BCUT2D eigenvalue weighted by Crippen LogP contribution is -2.04. The third-order valence-electron chi connectivity index (χ3n) is 2.71. The van der Waals surface area contributed by atoms with Gasteiger partial charge in [-0.15, -0.1) is 11.3 Å². The van der Waals surface area contributed by atoms with Gasteiger partial charge in [0.05, 0.1) is 13.3 Å². The fourth-order valence-electron chi connectivity index (χ4n) is 1.79. The van der Waals surface area contributed by atoms with Gasteiger partial charge in [0.25, 0.3) is 5.56 Å². The first-order chi connectivity index (χ1) is 8.78. The summed E-state index contributed by atoms with van der Waals surface area (Å²) in [5, 5.41) is 7.11. The number of rotatable bonds is 2. The summed E-state index contributed by atoms with van der Waals surface area (Å²) in [4.78, 5) is 12.6. The van der Waals surface area contributed by atoms with E-state index in [0.29, 0.717) is 4.70 Å². The molecule has 0 fully saturated rings. The maximum atomic E-state index is 11.6. The normalized spacial score (nSPS) is 10.7. The van der Waals surface area contributed by atoms with Gasteiger partial charge in [-0.05, 0) is 35.9 Å². The van der Waals surface area contributed by atoms with Crippen LogP contribution < -0.4 is 10.3 Å². The highest BCUT2D eigenvalue weighted by Crippen LogP contribution is 2.31. The minimum absolute atomic E-state index is 0.141. The van der Waals surface area contributed by atoms with Gasteiger partial charge in [0.15, 0.2) is 0 Å². The molecule has 0 unspecified atom stereocenters. The Hall–Kier alpha value is -2.14. The summed E-state index contributed by atoms with van der Waals surface area (Å²) in [5.41, 5.74) is 0.925. The molecular formula is C13H10N2O2S. The highest BCUT2D eigenvalue weighted by molar-refractivity contribution is 7.22. The quantitative estimate of drug-likeness (QED) is 0.768. The molecule has 18 heavy (non-hydrogen) atoms. The number of aromatic amines is 1. The van der Waals surface area contributed by atoms with Crippen molar-refractivity contribution in [2.24, 2.45) is 0 Å². The molecule has 0 radical (unpaired) electrons. The molecule has 0 aliphatic rings. The first kappa shape index (κ1) is 11.0. The number of hydrogen-bond donors (Lipinski definition) is 1. The molecule has 0 saturated carbocycles. The maximum Gasteiger partial charge on any atom is 0.282 e. The van der Waals surface area contributed by atoms with Gasteiger partial charge >= 0.3 is 0 Å². The lowest BCUT2D eigenvalue weighted by molar-refractivity contribution is 0.415. The zero-order chi connectivity index (χ0) is 12.5. The number of nitrogens with one attached hydrogen (secondary N) is 1. The van der Waals surface area contributed by atoms with Crippen molar-refractivity contribution in [3.8, 4) is 16.2 Å². The third kappa shape index (κ3) is 1.78. The second kappa shape index (κ2) is 4.27. The number of ether oxygens (including phenoxy) is 1. The van der Waals surface area contributed by atoms with E-state index in [1.165, 1.54) is 11.3 Å². The van der Waals surface area contributed by atoms with Crippen molar-refractivity contribution >= 4 is 21.4 Å². The fraction of sp³-hybridized carbons (Fsp3) is 0.0769. The highest BCUT2D eigenvalue weighted by atomic mass is 32.1. The van der Waals surface area contributed by atoms with Crippen LogP contribution in [0.1, 0.15) is 0 Å². The van der Waals surface area contributed by atoms with Gasteiger partial charge in [-0.1, -0.05) is 0 Å². The first-order valence-corrected chi connectivity index (χ1v) is 6.21. The average Bonchev–Trinajstić information content (AvgIpc) is 2.84. The van der Waals surface area contributed by atoms with Crippen LogP contribution in [0.3, 0.4) is 0 Å². The highest BCUT2D eigenvalue weighted by Gasteiger charge is 2.07. The first-order valence-electron chi connectivity index (χ1n) is 5.39. The van der Waals surface area contributed by atoms with Crippen molar-refractivity contribution in [3.05, 3.63) is 46.9 Å². The molecule has 0 bridgehead atoms. The minimum atomic E-state index is -0.141. The second-order valence-electron chi connectivity index (χ2n) is 3.82. The topological polar surface area (TPSA) is 55.0 Å². The predicted molar refractivity (Wildman–Crippen MR) is 72.2 cm³/mol. The number of hydrogen-bond acceptors (Lipinski definition) is 4. The van der Waals surface area contributed by atoms with Crippen molar-refractivity contribution < 1.29 is 4.74 Å². The Balaban J connectivity index is 2.13. The van der Waals surface area contributed by atoms with E-state index in [-0.39, 0.29) is 5.56 Å². The standard InChI is InChI=1S/C13H10N2O2S/c1-17-10-4-2-8(3-5-10)11-6-9-7-14-15-13(16)12(9)18-11/h2-7H,1H3,(H,15,16). The Bertz CT molecular complexity index is 744. The molecule has 0 atom stereocenters. The molecule has 0 saturated heterocycles. The van der Waals surface area contributed by atoms with Gasteiger partial charge in [0.2, 0.25) is 0 Å². The number of thiophene rings is 1. The van der Waals surface area contributed by atoms with Gasteiger partial charge < -0.3 is 4.74 Å². The van der Waals surface area contributed by atoms with Gasteiger partial charge in [-0.3, -0.25) is 4.79 Å². The van der Waals surface area contributed by atoms with Crippen LogP contribution in [0.5, 0.6) is 5.75 Å². The molecular weight excluding hydrogens is 248 g/mol. The Morgan fingerprint density at radius 1 is 1.28 bits per heavy atom. The molecule has 1 aromatic carbocycles. The zero-order valence-electron chi connectivity index (χ0n) is 9.64. The summed E-state index contributed by atoms with van der Waals surface area (Å²) < 4.78 is 5.83. The molecule has 3 aromatic rings. The second-order valence-corrected chi connectivity index (χ2v) is 4.87. The van der Waals surface area contributed by atoms with Gasteiger partial charge in [0, 0.05) is 10.3 Å². The Morgan fingerprint density at radius 2 is 2.06 bits per heavy atom. The molecule has 0 aliphatic heterocycles. The van der Waals surface area contributed by atoms with Crippen LogP contribution in [-0.2, 0) is 0 Å². The van der Waals surface area contributed by atoms with Crippen LogP contribution in [0.15, 0.2) is 41.3 Å². The molecule has 1 N–H and O–H groups in total. The van der Waals surface area contributed by atoms with Crippen molar-refractivity contribution in [1.29, 1.82) is 0 Å². The van der Waals surface area contributed by atoms with Crippen LogP contribution >= 0.6 is 11.3 Å². The Labute approximate surface area is 107 Å². The van der Waals surface area contributed by atoms with E-state index in [4.69, 9.17) is 4.74 Å². The zero-order valence-corrected chi connectivity index (χ0v) is 10.5. The number of fused-ring (bicyclic) bond motifs is 1. The number of aromatic nitrogens is 2. The van der Waals surface area contributed by atoms with Gasteiger partial charge in [0.1, 0.15) is 10.4 Å². The van der Waals surface area contributed by atoms with E-state index in [9.17, 15) is 4.79 Å². The Kier molecular flexibility index (Phi) is 2.60. The average molecular weight is 258 g/mol. The molecule has 0 spiro atoms. The molecule has 0 aliphatic carbocycles. The van der Waals surface area contributed by atoms with Crippen molar-refractivity contribution in [2.45, 2.75) is 0 Å². The number of nitrogens with zero attached hydrogens (tertiary/aromatic N) is 1. The molecule has 90 valence electrons. The summed E-state index contributed by atoms with van der Waals surface area (Å²) >= 11 is 1.47. The van der Waals surface area contributed by atoms with Crippen LogP contribution in [0.25, 0.3) is 20.5 Å². The van der Waals surface area contributed by atoms with E-state index in [2.05, 4.69) is 10.2 Å². The van der Waals surface area contributed by atoms with E-state index in [1.54, 1.807) is 13.3 Å². The Morgan fingerprint density at radius 3 is 2.72 bits per heavy atom. The maximum absolute atomic E-state index is 11.6. The van der Waals surface area contributed by atoms with Crippen molar-refractivity contribution in [1.82, 2.24) is 10.2 Å². The molecule has 2 aromatic heterocycles. The molecule has 5 heteroatoms. The van der Waals surface area contributed by atoms with Gasteiger partial charge in [-0.25, -0.2) is 5.10 Å². The SMILES string of the molecule is COc1ccc(-c2cc3cn[nH]c(=O)c3s2)cc1. The van der Waals surface area contributed by atoms with Gasteiger partial charge in [-0.2, -0.15) is 5.10 Å². The predicted octanol–water partition coefficient (Wildman–Crippen LogP) is 2.66.